The molecule has 17 heavy (non-hydrogen) atoms. The van der Waals surface area contributed by atoms with Crippen molar-refractivity contribution in [2.45, 2.75) is 18.8 Å². The molecule has 0 spiro atoms. The number of hydrogen-bond donors (Lipinski definition) is 1. The lowest BCUT2D eigenvalue weighted by molar-refractivity contribution is -0.591. The van der Waals surface area contributed by atoms with Gasteiger partial charge in [-0.3, -0.25) is 0 Å². The number of nitrogens with one attached hydrogen (secondary N) is 1. The predicted octanol–water partition coefficient (Wildman–Crippen LogP) is 1.34. The molecule has 1 aliphatic heterocycles. The molecule has 1 aromatic heterocycles. The van der Waals surface area contributed by atoms with Crippen LogP contribution in [0.5, 0.6) is 0 Å². The van der Waals surface area contributed by atoms with Gasteiger partial charge in [0.15, 0.2) is 6.20 Å². The van der Waals surface area contributed by atoms with Crippen LogP contribution < -0.4 is 10.0 Å². The predicted molar refractivity (Wildman–Crippen MR) is 65.5 cm³/mol. The Balaban J connectivity index is 2.07. The molecule has 1 fully saturated rings. The van der Waals surface area contributed by atoms with E-state index in [1.165, 1.54) is 0 Å². The van der Waals surface area contributed by atoms with Crippen LogP contribution >= 0.6 is 0 Å². The Bertz CT molecular complexity index is 535. The SMILES string of the molecule is [O-][n+]1c(C2CCNCC2)ncc2ccccc21. The summed E-state index contributed by atoms with van der Waals surface area (Å²) < 4.78 is 1.01. The first-order chi connectivity index (χ1) is 8.36. The standard InChI is InChI=1S/C13H15N3O/c17-16-12-4-2-1-3-11(12)9-15-13(16)10-5-7-14-8-6-10/h1-4,9-10,14H,5-8H2. The largest absolute Gasteiger partial charge is 0.710 e. The van der Waals surface area contributed by atoms with Crippen LogP contribution in [-0.2, 0) is 0 Å². The van der Waals surface area contributed by atoms with E-state index in [1.807, 2.05) is 24.3 Å². The summed E-state index contributed by atoms with van der Waals surface area (Å²) >= 11 is 0. The van der Waals surface area contributed by atoms with E-state index < -0.39 is 0 Å². The quantitative estimate of drug-likeness (QED) is 0.593. The molecule has 0 radical (unpaired) electrons. The maximum atomic E-state index is 12.3. The Morgan fingerprint density at radius 3 is 2.82 bits per heavy atom. The first-order valence-electron chi connectivity index (χ1n) is 6.04. The van der Waals surface area contributed by atoms with Crippen molar-refractivity contribution in [1.29, 1.82) is 0 Å². The van der Waals surface area contributed by atoms with Crippen molar-refractivity contribution in [3.63, 3.8) is 0 Å². The van der Waals surface area contributed by atoms with Crippen molar-refractivity contribution in [3.8, 4) is 0 Å². The minimum atomic E-state index is 0.290. The van der Waals surface area contributed by atoms with E-state index in [-0.39, 0.29) is 0 Å². The molecular weight excluding hydrogens is 214 g/mol. The molecule has 3 rings (SSSR count). The Morgan fingerprint density at radius 1 is 1.24 bits per heavy atom. The van der Waals surface area contributed by atoms with Gasteiger partial charge in [-0.05, 0) is 38.1 Å². The van der Waals surface area contributed by atoms with Gasteiger partial charge in [0, 0.05) is 0 Å². The third-order valence-corrected chi connectivity index (χ3v) is 3.40. The lowest BCUT2D eigenvalue weighted by Crippen LogP contribution is -2.39. The fourth-order valence-corrected chi connectivity index (χ4v) is 2.44. The maximum Gasteiger partial charge on any atom is 0.304 e. The van der Waals surface area contributed by atoms with Crippen molar-refractivity contribution in [3.05, 3.63) is 41.5 Å². The highest BCUT2D eigenvalue weighted by molar-refractivity contribution is 5.74. The van der Waals surface area contributed by atoms with Gasteiger partial charge in [-0.25, -0.2) is 4.73 Å². The van der Waals surface area contributed by atoms with Gasteiger partial charge >= 0.3 is 5.82 Å². The van der Waals surface area contributed by atoms with Gasteiger partial charge in [-0.2, -0.15) is 0 Å². The number of benzene rings is 1. The van der Waals surface area contributed by atoms with Gasteiger partial charge in [-0.1, -0.05) is 17.1 Å². The molecule has 1 N–H and O–H groups in total. The molecule has 0 unspecified atom stereocenters. The average Bonchev–Trinajstić information content (AvgIpc) is 2.40. The van der Waals surface area contributed by atoms with Crippen LogP contribution in [0.25, 0.3) is 10.9 Å². The van der Waals surface area contributed by atoms with E-state index in [1.54, 1.807) is 6.20 Å². The topological polar surface area (TPSA) is 51.9 Å². The Labute approximate surface area is 99.9 Å². The minimum Gasteiger partial charge on any atom is -0.710 e. The molecule has 1 aliphatic rings. The van der Waals surface area contributed by atoms with E-state index in [0.29, 0.717) is 11.7 Å². The van der Waals surface area contributed by atoms with E-state index in [9.17, 15) is 5.21 Å². The first kappa shape index (κ1) is 10.5. The molecule has 2 heterocycles. The minimum absolute atomic E-state index is 0.290. The van der Waals surface area contributed by atoms with Crippen LogP contribution in [0.2, 0.25) is 0 Å². The van der Waals surface area contributed by atoms with Gasteiger partial charge in [0.05, 0.1) is 11.3 Å². The third kappa shape index (κ3) is 1.85. The monoisotopic (exact) mass is 229 g/mol. The number of nitrogens with zero attached hydrogens (tertiary/aromatic N) is 2. The molecule has 0 aliphatic carbocycles. The summed E-state index contributed by atoms with van der Waals surface area (Å²) in [6.07, 6.45) is 3.79. The van der Waals surface area contributed by atoms with Crippen molar-refractivity contribution in [2.24, 2.45) is 0 Å². The number of rotatable bonds is 1. The molecule has 4 heteroatoms. The molecule has 0 saturated carbocycles. The van der Waals surface area contributed by atoms with Gasteiger partial charge in [0.25, 0.3) is 0 Å². The first-order valence-corrected chi connectivity index (χ1v) is 6.04. The summed E-state index contributed by atoms with van der Waals surface area (Å²) in [6.45, 7) is 1.94. The second kappa shape index (κ2) is 4.30. The number of para-hydroxylation sites is 1. The van der Waals surface area contributed by atoms with E-state index in [2.05, 4.69) is 10.3 Å². The summed E-state index contributed by atoms with van der Waals surface area (Å²) in [5.41, 5.74) is 0.719. The summed E-state index contributed by atoms with van der Waals surface area (Å²) in [5, 5.41) is 16.5. The lowest BCUT2D eigenvalue weighted by Gasteiger charge is -2.21. The molecule has 0 amide bonds. The zero-order chi connectivity index (χ0) is 11.7. The van der Waals surface area contributed by atoms with Gasteiger partial charge < -0.3 is 10.5 Å². The molecule has 4 nitrogen and oxygen atoms in total. The van der Waals surface area contributed by atoms with Crippen molar-refractivity contribution >= 4 is 10.9 Å². The van der Waals surface area contributed by atoms with Crippen LogP contribution in [0.15, 0.2) is 30.5 Å². The Kier molecular flexibility index (Phi) is 2.65. The number of hydrogen-bond acceptors (Lipinski definition) is 3. The van der Waals surface area contributed by atoms with E-state index >= 15 is 0 Å². The molecule has 0 bridgehead atoms. The summed E-state index contributed by atoms with van der Waals surface area (Å²) in [4.78, 5) is 4.35. The summed E-state index contributed by atoms with van der Waals surface area (Å²) in [7, 11) is 0. The molecule has 88 valence electrons. The Morgan fingerprint density at radius 2 is 2.00 bits per heavy atom. The highest BCUT2D eigenvalue weighted by atomic mass is 16.5. The third-order valence-electron chi connectivity index (χ3n) is 3.40. The van der Waals surface area contributed by atoms with Gasteiger partial charge in [0.2, 0.25) is 0 Å². The van der Waals surface area contributed by atoms with Crippen molar-refractivity contribution in [1.82, 2.24) is 10.3 Å². The second-order valence-corrected chi connectivity index (χ2v) is 4.49. The number of fused-ring (bicyclic) bond motifs is 1. The second-order valence-electron chi connectivity index (χ2n) is 4.49. The molecule has 0 atom stereocenters. The molecule has 1 aromatic carbocycles. The van der Waals surface area contributed by atoms with E-state index in [4.69, 9.17) is 0 Å². The number of aromatic nitrogens is 2. The highest BCUT2D eigenvalue weighted by Gasteiger charge is 2.25. The van der Waals surface area contributed by atoms with Crippen LogP contribution in [-0.4, -0.2) is 18.1 Å². The van der Waals surface area contributed by atoms with Gasteiger partial charge in [0.1, 0.15) is 5.52 Å². The molecule has 1 saturated heterocycles. The van der Waals surface area contributed by atoms with E-state index in [0.717, 1.165) is 41.6 Å². The number of piperidine rings is 1. The smallest absolute Gasteiger partial charge is 0.304 e. The molecule has 2 aromatic rings. The summed E-state index contributed by atoms with van der Waals surface area (Å²) in [5.74, 6) is 0.962. The summed E-state index contributed by atoms with van der Waals surface area (Å²) in [6, 6.07) is 7.59. The lowest BCUT2D eigenvalue weighted by atomic mass is 9.97. The normalized spacial score (nSPS) is 17.4. The van der Waals surface area contributed by atoms with Crippen LogP contribution in [0, 0.1) is 5.21 Å². The van der Waals surface area contributed by atoms with Gasteiger partial charge in [-0.15, -0.1) is 0 Å². The van der Waals surface area contributed by atoms with Crippen molar-refractivity contribution in [2.75, 3.05) is 13.1 Å². The molecular formula is C13H15N3O. The van der Waals surface area contributed by atoms with Crippen molar-refractivity contribution < 1.29 is 4.73 Å². The van der Waals surface area contributed by atoms with Crippen LogP contribution in [0.3, 0.4) is 0 Å². The highest BCUT2D eigenvalue weighted by Crippen LogP contribution is 2.22. The average molecular weight is 229 g/mol. The van der Waals surface area contributed by atoms with Crippen LogP contribution in [0.4, 0.5) is 0 Å². The fraction of sp³-hybridized carbons (Fsp3) is 0.385. The zero-order valence-corrected chi connectivity index (χ0v) is 9.60. The Hall–Kier alpha value is -1.68. The maximum absolute atomic E-state index is 12.3. The van der Waals surface area contributed by atoms with Crippen LogP contribution in [0.1, 0.15) is 24.6 Å². The fourth-order valence-electron chi connectivity index (χ4n) is 2.44. The zero-order valence-electron chi connectivity index (χ0n) is 9.60.